The quantitative estimate of drug-likeness (QED) is 0.315. The van der Waals surface area contributed by atoms with E-state index in [1.807, 2.05) is 24.3 Å². The maximum Gasteiger partial charge on any atom is 0.336 e. The molecular weight excluding hydrogens is 348 g/mol. The summed E-state index contributed by atoms with van der Waals surface area (Å²) < 4.78 is 13.5. The molecule has 0 amide bonds. The number of hydrogen-bond donors (Lipinski definition) is 0. The van der Waals surface area contributed by atoms with Gasteiger partial charge in [0.15, 0.2) is 0 Å². The lowest BCUT2D eigenvalue weighted by Crippen LogP contribution is -2.24. The Kier molecular flexibility index (Phi) is 4.12. The summed E-state index contributed by atoms with van der Waals surface area (Å²) >= 11 is 0. The van der Waals surface area contributed by atoms with Crippen LogP contribution in [0.15, 0.2) is 68.6 Å². The number of para-hydroxylation sites is 2. The van der Waals surface area contributed by atoms with E-state index in [4.69, 9.17) is 9.15 Å². The van der Waals surface area contributed by atoms with Crippen molar-refractivity contribution in [1.82, 2.24) is 9.13 Å². The third kappa shape index (κ3) is 3.15. The van der Waals surface area contributed by atoms with Crippen LogP contribution < -0.4 is 16.1 Å². The molecule has 0 unspecified atom stereocenters. The number of ether oxygens (including phenoxy) is 1. The van der Waals surface area contributed by atoms with E-state index in [1.54, 1.807) is 34.4 Å². The zero-order valence-electron chi connectivity index (χ0n) is 14.5. The van der Waals surface area contributed by atoms with Gasteiger partial charge in [0.05, 0.1) is 17.5 Å². The summed E-state index contributed by atoms with van der Waals surface area (Å²) in [5, 5.41) is 0.733. The number of fused-ring (bicyclic) bond motifs is 2. The lowest BCUT2D eigenvalue weighted by molar-refractivity contribution is -0.134. The van der Waals surface area contributed by atoms with E-state index in [9.17, 15) is 14.4 Å². The third-order valence-corrected chi connectivity index (χ3v) is 4.42. The Balaban J connectivity index is 1.52. The average Bonchev–Trinajstić information content (AvgIpc) is 2.90. The van der Waals surface area contributed by atoms with Crippen molar-refractivity contribution in [2.75, 3.05) is 0 Å². The van der Waals surface area contributed by atoms with Crippen LogP contribution in [-0.2, 0) is 18.4 Å². The van der Waals surface area contributed by atoms with Gasteiger partial charge in [-0.05, 0) is 30.3 Å². The molecule has 7 nitrogen and oxygen atoms in total. The highest BCUT2D eigenvalue weighted by atomic mass is 16.5. The molecule has 4 rings (SSSR count). The first-order chi connectivity index (χ1) is 13.0. The Hall–Kier alpha value is -3.61. The fraction of sp³-hybridized carbons (Fsp3) is 0.150. The lowest BCUT2D eigenvalue weighted by atomic mass is 10.2. The summed E-state index contributed by atoms with van der Waals surface area (Å²) in [5.41, 5.74) is 1.27. The minimum atomic E-state index is -0.479. The zero-order valence-corrected chi connectivity index (χ0v) is 14.5. The fourth-order valence-electron chi connectivity index (χ4n) is 3.07. The second kappa shape index (κ2) is 6.60. The van der Waals surface area contributed by atoms with Gasteiger partial charge in [-0.25, -0.2) is 9.59 Å². The van der Waals surface area contributed by atoms with Crippen LogP contribution in [-0.4, -0.2) is 15.1 Å². The molecule has 0 fully saturated rings. The van der Waals surface area contributed by atoms with E-state index < -0.39 is 11.6 Å². The van der Waals surface area contributed by atoms with Gasteiger partial charge >= 0.3 is 17.3 Å². The van der Waals surface area contributed by atoms with Crippen LogP contribution in [0.1, 0.15) is 6.42 Å². The Labute approximate surface area is 153 Å². The number of hydrogen-bond acceptors (Lipinski definition) is 5. The van der Waals surface area contributed by atoms with Gasteiger partial charge in [-0.2, -0.15) is 0 Å². The van der Waals surface area contributed by atoms with Crippen molar-refractivity contribution in [3.63, 3.8) is 0 Å². The summed E-state index contributed by atoms with van der Waals surface area (Å²) in [6.07, 6.45) is 0.0324. The van der Waals surface area contributed by atoms with E-state index in [1.165, 1.54) is 12.1 Å². The van der Waals surface area contributed by atoms with Gasteiger partial charge in [-0.3, -0.25) is 13.9 Å². The molecule has 0 N–H and O–H groups in total. The predicted molar refractivity (Wildman–Crippen MR) is 99.9 cm³/mol. The van der Waals surface area contributed by atoms with Gasteiger partial charge in [-0.1, -0.05) is 12.1 Å². The van der Waals surface area contributed by atoms with Crippen LogP contribution in [0.2, 0.25) is 0 Å². The molecule has 0 saturated heterocycles. The number of imidazole rings is 1. The molecule has 0 radical (unpaired) electrons. The number of rotatable bonds is 4. The SMILES string of the molecule is Cn1c(=O)n(CCC(=O)Oc2ccc3ccc(=O)oc3c2)c2ccccc21. The van der Waals surface area contributed by atoms with Gasteiger partial charge in [-0.15, -0.1) is 0 Å². The first-order valence-electron chi connectivity index (χ1n) is 8.42. The van der Waals surface area contributed by atoms with E-state index in [2.05, 4.69) is 0 Å². The van der Waals surface area contributed by atoms with Crippen LogP contribution in [0.3, 0.4) is 0 Å². The Morgan fingerprint density at radius 2 is 1.78 bits per heavy atom. The van der Waals surface area contributed by atoms with Crippen molar-refractivity contribution >= 4 is 28.0 Å². The van der Waals surface area contributed by atoms with Gasteiger partial charge in [0, 0.05) is 31.1 Å². The molecular formula is C20H16N2O5. The monoisotopic (exact) mass is 364 g/mol. The van der Waals surface area contributed by atoms with Crippen LogP contribution in [0.4, 0.5) is 0 Å². The average molecular weight is 364 g/mol. The van der Waals surface area contributed by atoms with Crippen LogP contribution in [0.25, 0.3) is 22.0 Å². The number of aryl methyl sites for hydroxylation is 2. The minimum Gasteiger partial charge on any atom is -0.426 e. The molecule has 2 heterocycles. The fourth-order valence-corrected chi connectivity index (χ4v) is 3.07. The van der Waals surface area contributed by atoms with E-state index in [0.717, 1.165) is 16.4 Å². The maximum atomic E-state index is 12.4. The minimum absolute atomic E-state index is 0.0324. The van der Waals surface area contributed by atoms with E-state index in [0.29, 0.717) is 5.58 Å². The van der Waals surface area contributed by atoms with Gasteiger partial charge in [0.1, 0.15) is 11.3 Å². The topological polar surface area (TPSA) is 83.4 Å². The summed E-state index contributed by atoms with van der Waals surface area (Å²) in [4.78, 5) is 35.9. The Morgan fingerprint density at radius 3 is 2.59 bits per heavy atom. The second-order valence-corrected chi connectivity index (χ2v) is 6.16. The summed E-state index contributed by atoms with van der Waals surface area (Å²) in [6.45, 7) is 0.210. The molecule has 0 atom stereocenters. The largest absolute Gasteiger partial charge is 0.426 e. The van der Waals surface area contributed by atoms with Gasteiger partial charge in [0.2, 0.25) is 0 Å². The smallest absolute Gasteiger partial charge is 0.336 e. The van der Waals surface area contributed by atoms with E-state index in [-0.39, 0.29) is 24.4 Å². The molecule has 2 aromatic heterocycles. The van der Waals surface area contributed by atoms with Gasteiger partial charge < -0.3 is 9.15 Å². The first kappa shape index (κ1) is 16.8. The molecule has 7 heteroatoms. The zero-order chi connectivity index (χ0) is 19.0. The lowest BCUT2D eigenvalue weighted by Gasteiger charge is -2.06. The number of esters is 1. The highest BCUT2D eigenvalue weighted by Gasteiger charge is 2.13. The molecule has 0 aliphatic heterocycles. The highest BCUT2D eigenvalue weighted by molar-refractivity contribution is 5.80. The molecule has 0 aliphatic rings. The van der Waals surface area contributed by atoms with E-state index >= 15 is 0 Å². The van der Waals surface area contributed by atoms with Crippen molar-refractivity contribution in [2.24, 2.45) is 7.05 Å². The maximum absolute atomic E-state index is 12.4. The van der Waals surface area contributed by atoms with Crippen molar-refractivity contribution in [1.29, 1.82) is 0 Å². The van der Waals surface area contributed by atoms with Crippen molar-refractivity contribution < 1.29 is 13.9 Å². The third-order valence-electron chi connectivity index (χ3n) is 4.42. The summed E-state index contributed by atoms with van der Waals surface area (Å²) in [6, 6.07) is 15.2. The van der Waals surface area contributed by atoms with Gasteiger partial charge in [0.25, 0.3) is 0 Å². The predicted octanol–water partition coefficient (Wildman–Crippen LogP) is 2.44. The summed E-state index contributed by atoms with van der Waals surface area (Å²) in [5.74, 6) is -0.195. The molecule has 0 saturated carbocycles. The van der Waals surface area contributed by atoms with Crippen LogP contribution in [0, 0.1) is 0 Å². The van der Waals surface area contributed by atoms with Crippen molar-refractivity contribution in [3.8, 4) is 5.75 Å². The second-order valence-electron chi connectivity index (χ2n) is 6.16. The molecule has 4 aromatic rings. The first-order valence-corrected chi connectivity index (χ1v) is 8.42. The highest BCUT2D eigenvalue weighted by Crippen LogP contribution is 2.20. The number of benzene rings is 2. The Bertz CT molecular complexity index is 1280. The molecule has 136 valence electrons. The van der Waals surface area contributed by atoms with Crippen LogP contribution >= 0.6 is 0 Å². The molecule has 0 spiro atoms. The normalized spacial score (nSPS) is 11.1. The molecule has 0 aliphatic carbocycles. The van der Waals surface area contributed by atoms with Crippen LogP contribution in [0.5, 0.6) is 5.75 Å². The molecule has 2 aromatic carbocycles. The number of aromatic nitrogens is 2. The number of carbonyl (C=O) groups excluding carboxylic acids is 1. The number of carbonyl (C=O) groups is 1. The molecule has 27 heavy (non-hydrogen) atoms. The summed E-state index contributed by atoms with van der Waals surface area (Å²) in [7, 11) is 1.70. The Morgan fingerprint density at radius 1 is 1.04 bits per heavy atom. The molecule has 0 bridgehead atoms. The van der Waals surface area contributed by atoms with Crippen molar-refractivity contribution in [3.05, 3.63) is 75.5 Å². The van der Waals surface area contributed by atoms with Crippen molar-refractivity contribution in [2.45, 2.75) is 13.0 Å². The number of nitrogens with zero attached hydrogens (tertiary/aromatic N) is 2. The standard InChI is InChI=1S/C20H16N2O5/c1-21-15-4-2-3-5-16(15)22(20(21)25)11-10-19(24)26-14-8-6-13-7-9-18(23)27-17(13)12-14/h2-9,12H,10-11H2,1H3.